The Morgan fingerprint density at radius 1 is 1.10 bits per heavy atom. The molecule has 1 N–H and O–H groups in total. The zero-order chi connectivity index (χ0) is 21.9. The fraction of sp³-hybridized carbons (Fsp3) is 0.429. The van der Waals surface area contributed by atoms with Crippen LogP contribution in [0.25, 0.3) is 0 Å². The van der Waals surface area contributed by atoms with Crippen molar-refractivity contribution in [2.75, 3.05) is 24.7 Å². The molecular weight excluding hydrogens is 406 g/mol. The predicted octanol–water partition coefficient (Wildman–Crippen LogP) is 3.22. The monoisotopic (exact) mass is 433 g/mol. The van der Waals surface area contributed by atoms with E-state index in [0.717, 1.165) is 31.5 Å². The molecule has 30 heavy (non-hydrogen) atoms. The Morgan fingerprint density at radius 2 is 1.70 bits per heavy atom. The minimum atomic E-state index is -3.71. The molecule has 0 aromatic heterocycles. The summed E-state index contributed by atoms with van der Waals surface area (Å²) >= 11 is 0. The van der Waals surface area contributed by atoms with E-state index in [4.69, 9.17) is 4.74 Å². The molecule has 0 radical (unpaired) electrons. The molecule has 1 aliphatic rings. The Morgan fingerprint density at radius 3 is 2.27 bits per heavy atom. The number of benzene rings is 2. The number of ether oxygens (including phenoxy) is 1. The van der Waals surface area contributed by atoms with Crippen LogP contribution in [0.4, 0.5) is 11.4 Å². The molecule has 0 amide bonds. The van der Waals surface area contributed by atoms with Gasteiger partial charge < -0.3 is 10.1 Å². The fourth-order valence-corrected chi connectivity index (χ4v) is 4.65. The van der Waals surface area contributed by atoms with E-state index in [9.17, 15) is 18.5 Å². The van der Waals surface area contributed by atoms with Gasteiger partial charge in [-0.3, -0.25) is 15.0 Å². The van der Waals surface area contributed by atoms with Crippen molar-refractivity contribution in [1.29, 1.82) is 0 Å². The van der Waals surface area contributed by atoms with Crippen LogP contribution in [0.5, 0.6) is 0 Å². The SMILES string of the molecule is CC1CN(Cc2ccc(CNc3cccc(S(C)(=O)=O)c3[N+](=O)[O-])cc2)CC(C)O1. The topological polar surface area (TPSA) is 102 Å². The van der Waals surface area contributed by atoms with E-state index in [1.54, 1.807) is 0 Å². The van der Waals surface area contributed by atoms with E-state index in [2.05, 4.69) is 24.1 Å². The number of nitrogens with one attached hydrogen (secondary N) is 1. The second-order valence-electron chi connectivity index (χ2n) is 7.80. The van der Waals surface area contributed by atoms with Gasteiger partial charge in [0, 0.05) is 32.4 Å². The number of rotatable bonds is 7. The first-order valence-corrected chi connectivity index (χ1v) is 11.7. The van der Waals surface area contributed by atoms with Crippen molar-refractivity contribution in [3.8, 4) is 0 Å². The highest BCUT2D eigenvalue weighted by Crippen LogP contribution is 2.32. The molecule has 162 valence electrons. The number of morpholine rings is 1. The molecule has 1 heterocycles. The van der Waals surface area contributed by atoms with Crippen LogP contribution in [-0.4, -0.2) is 49.8 Å². The van der Waals surface area contributed by atoms with Crippen LogP contribution in [0.2, 0.25) is 0 Å². The molecule has 9 heteroatoms. The van der Waals surface area contributed by atoms with Crippen molar-refractivity contribution >= 4 is 21.2 Å². The highest BCUT2D eigenvalue weighted by Gasteiger charge is 2.26. The standard InChI is InChI=1S/C21H27N3O5S/c1-15-12-23(13-16(2)29-15)14-18-9-7-17(8-10-18)11-22-19-5-4-6-20(30(3,27)28)21(19)24(25)26/h4-10,15-16,22H,11-14H2,1-3H3. The number of para-hydroxylation sites is 1. The highest BCUT2D eigenvalue weighted by atomic mass is 32.2. The van der Waals surface area contributed by atoms with Gasteiger partial charge in [0.15, 0.2) is 9.84 Å². The van der Waals surface area contributed by atoms with Crippen molar-refractivity contribution < 1.29 is 18.1 Å². The Kier molecular flexibility index (Phi) is 6.74. The number of hydrogen-bond donors (Lipinski definition) is 1. The summed E-state index contributed by atoms with van der Waals surface area (Å²) in [5, 5.41) is 14.5. The average molecular weight is 434 g/mol. The van der Waals surface area contributed by atoms with E-state index in [-0.39, 0.29) is 22.8 Å². The summed E-state index contributed by atoms with van der Waals surface area (Å²) in [6.07, 6.45) is 1.40. The maximum Gasteiger partial charge on any atom is 0.310 e. The molecule has 0 aliphatic carbocycles. The lowest BCUT2D eigenvalue weighted by atomic mass is 10.1. The summed E-state index contributed by atoms with van der Waals surface area (Å²) in [6.45, 7) is 7.14. The molecule has 0 spiro atoms. The lowest BCUT2D eigenvalue weighted by molar-refractivity contribution is -0.386. The summed E-state index contributed by atoms with van der Waals surface area (Å²) in [5.41, 5.74) is 1.89. The third-order valence-corrected chi connectivity index (χ3v) is 6.12. The number of anilines is 1. The minimum absolute atomic E-state index is 0.184. The van der Waals surface area contributed by atoms with Crippen molar-refractivity contribution in [1.82, 2.24) is 4.90 Å². The Balaban J connectivity index is 1.68. The lowest BCUT2D eigenvalue weighted by Crippen LogP contribution is -2.44. The highest BCUT2D eigenvalue weighted by molar-refractivity contribution is 7.90. The van der Waals surface area contributed by atoms with Crippen molar-refractivity contribution in [3.05, 3.63) is 63.7 Å². The van der Waals surface area contributed by atoms with Gasteiger partial charge in [0.1, 0.15) is 10.6 Å². The van der Waals surface area contributed by atoms with Crippen molar-refractivity contribution in [3.63, 3.8) is 0 Å². The van der Waals surface area contributed by atoms with Crippen LogP contribution in [0.1, 0.15) is 25.0 Å². The van der Waals surface area contributed by atoms with E-state index in [0.29, 0.717) is 6.54 Å². The molecule has 1 saturated heterocycles. The van der Waals surface area contributed by atoms with Crippen molar-refractivity contribution in [2.24, 2.45) is 0 Å². The van der Waals surface area contributed by atoms with Crippen LogP contribution < -0.4 is 5.32 Å². The molecule has 0 saturated carbocycles. The third-order valence-electron chi connectivity index (χ3n) is 4.99. The first kappa shape index (κ1) is 22.2. The third kappa shape index (κ3) is 5.56. The molecule has 8 nitrogen and oxygen atoms in total. The molecular formula is C21H27N3O5S. The van der Waals surface area contributed by atoms with Gasteiger partial charge in [0.05, 0.1) is 17.1 Å². The zero-order valence-corrected chi connectivity index (χ0v) is 18.2. The molecule has 3 rings (SSSR count). The van der Waals surface area contributed by atoms with Crippen LogP contribution in [0, 0.1) is 10.1 Å². The Hall–Kier alpha value is -2.49. The van der Waals surface area contributed by atoms with Gasteiger partial charge in [-0.2, -0.15) is 0 Å². The number of nitro benzene ring substituents is 1. The average Bonchev–Trinajstić information content (AvgIpc) is 2.65. The number of nitro groups is 1. The van der Waals surface area contributed by atoms with Gasteiger partial charge >= 0.3 is 5.69 Å². The zero-order valence-electron chi connectivity index (χ0n) is 17.4. The van der Waals surface area contributed by atoms with Crippen LogP contribution in [-0.2, 0) is 27.7 Å². The first-order chi connectivity index (χ1) is 14.1. The first-order valence-electron chi connectivity index (χ1n) is 9.80. The molecule has 2 atom stereocenters. The summed E-state index contributed by atoms with van der Waals surface area (Å²) < 4.78 is 29.5. The second kappa shape index (κ2) is 9.11. The van der Waals surface area contributed by atoms with Gasteiger partial charge in [-0.15, -0.1) is 0 Å². The summed E-state index contributed by atoms with van der Waals surface area (Å²) in [4.78, 5) is 12.9. The molecule has 1 aliphatic heterocycles. The maximum absolute atomic E-state index is 11.9. The van der Waals surface area contributed by atoms with E-state index in [1.807, 2.05) is 24.3 Å². The number of sulfone groups is 1. The van der Waals surface area contributed by atoms with Gasteiger partial charge in [0.25, 0.3) is 0 Å². The van der Waals surface area contributed by atoms with Crippen LogP contribution in [0.15, 0.2) is 47.4 Å². The summed E-state index contributed by atoms with van der Waals surface area (Å²) in [6, 6.07) is 12.3. The predicted molar refractivity (Wildman–Crippen MR) is 115 cm³/mol. The smallest absolute Gasteiger partial charge is 0.310 e. The molecule has 2 aromatic carbocycles. The van der Waals surface area contributed by atoms with Crippen LogP contribution >= 0.6 is 0 Å². The molecule has 0 bridgehead atoms. The van der Waals surface area contributed by atoms with E-state index in [1.165, 1.54) is 23.8 Å². The quantitative estimate of drug-likeness (QED) is 0.528. The fourth-order valence-electron chi connectivity index (χ4n) is 3.78. The number of nitrogens with zero attached hydrogens (tertiary/aromatic N) is 2. The van der Waals surface area contributed by atoms with Crippen LogP contribution in [0.3, 0.4) is 0 Å². The summed E-state index contributed by atoms with van der Waals surface area (Å²) in [5.74, 6) is 0. The van der Waals surface area contributed by atoms with Gasteiger partial charge in [-0.1, -0.05) is 30.3 Å². The summed E-state index contributed by atoms with van der Waals surface area (Å²) in [7, 11) is -3.71. The number of hydrogen-bond acceptors (Lipinski definition) is 7. The molecule has 2 unspecified atom stereocenters. The second-order valence-corrected chi connectivity index (χ2v) is 9.79. The minimum Gasteiger partial charge on any atom is -0.375 e. The van der Waals surface area contributed by atoms with Gasteiger partial charge in [-0.05, 0) is 37.1 Å². The Bertz CT molecular complexity index is 998. The van der Waals surface area contributed by atoms with Crippen molar-refractivity contribution in [2.45, 2.75) is 44.0 Å². The Labute approximate surface area is 176 Å². The van der Waals surface area contributed by atoms with E-state index >= 15 is 0 Å². The largest absolute Gasteiger partial charge is 0.375 e. The molecule has 1 fully saturated rings. The maximum atomic E-state index is 11.9. The lowest BCUT2D eigenvalue weighted by Gasteiger charge is -2.35. The van der Waals surface area contributed by atoms with Gasteiger partial charge in [0.2, 0.25) is 0 Å². The van der Waals surface area contributed by atoms with E-state index < -0.39 is 20.4 Å². The molecule has 2 aromatic rings. The van der Waals surface area contributed by atoms with Gasteiger partial charge in [-0.25, -0.2) is 8.42 Å². The normalized spacial score (nSPS) is 20.1.